The minimum absolute atomic E-state index is 0.593. The van der Waals surface area contributed by atoms with Gasteiger partial charge in [-0.25, -0.2) is 0 Å². The van der Waals surface area contributed by atoms with Crippen molar-refractivity contribution in [3.63, 3.8) is 0 Å². The molecule has 0 saturated heterocycles. The molecule has 0 amide bonds. The van der Waals surface area contributed by atoms with E-state index in [0.29, 0.717) is 5.82 Å². The molecule has 21 heavy (non-hydrogen) atoms. The Labute approximate surface area is 132 Å². The zero-order valence-electron chi connectivity index (χ0n) is 11.8. The van der Waals surface area contributed by atoms with E-state index >= 15 is 0 Å². The first kappa shape index (κ1) is 14.1. The van der Waals surface area contributed by atoms with Crippen molar-refractivity contribution < 1.29 is 0 Å². The zero-order chi connectivity index (χ0) is 14.7. The maximum atomic E-state index is 6.04. The smallest absolute Gasteiger partial charge is 0.147 e. The van der Waals surface area contributed by atoms with Crippen LogP contribution in [-0.4, -0.2) is 4.37 Å². The van der Waals surface area contributed by atoms with Crippen molar-refractivity contribution >= 4 is 33.7 Å². The number of anilines is 2. The predicted octanol–water partition coefficient (Wildman–Crippen LogP) is 4.63. The van der Waals surface area contributed by atoms with Crippen molar-refractivity contribution in [3.8, 4) is 11.1 Å². The normalized spacial score (nSPS) is 10.7. The van der Waals surface area contributed by atoms with E-state index in [0.717, 1.165) is 29.1 Å². The fraction of sp³-hybridized carbons (Fsp3) is 0.188. The first-order valence-corrected chi connectivity index (χ1v) is 8.54. The SMILES string of the molecule is CCc1ccsc1CNc1snc(N)c1-c1ccccc1. The molecule has 0 unspecified atom stereocenters. The number of rotatable bonds is 5. The molecule has 0 aliphatic carbocycles. The fourth-order valence-corrected chi connectivity index (χ4v) is 3.95. The molecular formula is C16H17N3S2. The van der Waals surface area contributed by atoms with Crippen molar-refractivity contribution in [2.45, 2.75) is 19.9 Å². The number of nitrogens with two attached hydrogens (primary N) is 1. The van der Waals surface area contributed by atoms with Gasteiger partial charge in [0.15, 0.2) is 0 Å². The summed E-state index contributed by atoms with van der Waals surface area (Å²) >= 11 is 3.22. The predicted molar refractivity (Wildman–Crippen MR) is 93.0 cm³/mol. The number of aromatic nitrogens is 1. The largest absolute Gasteiger partial charge is 0.382 e. The van der Waals surface area contributed by atoms with Gasteiger partial charge in [-0.15, -0.1) is 11.3 Å². The molecule has 0 bridgehead atoms. The summed E-state index contributed by atoms with van der Waals surface area (Å²) in [6.07, 6.45) is 1.07. The number of benzene rings is 1. The molecule has 0 aliphatic rings. The number of nitrogen functional groups attached to an aromatic ring is 1. The van der Waals surface area contributed by atoms with Gasteiger partial charge in [-0.1, -0.05) is 37.3 Å². The lowest BCUT2D eigenvalue weighted by molar-refractivity contribution is 1.08. The summed E-state index contributed by atoms with van der Waals surface area (Å²) in [4.78, 5) is 1.38. The summed E-state index contributed by atoms with van der Waals surface area (Å²) in [5, 5.41) is 6.68. The highest BCUT2D eigenvalue weighted by molar-refractivity contribution is 7.11. The zero-order valence-corrected chi connectivity index (χ0v) is 13.4. The molecule has 1 aromatic carbocycles. The maximum absolute atomic E-state index is 6.04. The topological polar surface area (TPSA) is 50.9 Å². The van der Waals surface area contributed by atoms with Crippen LogP contribution < -0.4 is 11.1 Å². The summed E-state index contributed by atoms with van der Waals surface area (Å²) in [5.74, 6) is 0.593. The maximum Gasteiger partial charge on any atom is 0.147 e. The summed E-state index contributed by atoms with van der Waals surface area (Å²) in [7, 11) is 0. The van der Waals surface area contributed by atoms with Crippen LogP contribution in [0, 0.1) is 0 Å². The molecule has 2 aromatic heterocycles. The molecule has 3 aromatic rings. The highest BCUT2D eigenvalue weighted by Gasteiger charge is 2.13. The van der Waals surface area contributed by atoms with Gasteiger partial charge in [0, 0.05) is 4.88 Å². The minimum Gasteiger partial charge on any atom is -0.382 e. The average molecular weight is 315 g/mol. The Kier molecular flexibility index (Phi) is 4.22. The van der Waals surface area contributed by atoms with Gasteiger partial charge >= 0.3 is 0 Å². The van der Waals surface area contributed by atoms with Gasteiger partial charge in [-0.05, 0) is 40.5 Å². The van der Waals surface area contributed by atoms with Crippen LogP contribution in [0.1, 0.15) is 17.4 Å². The number of hydrogen-bond acceptors (Lipinski definition) is 5. The second-order valence-corrected chi connectivity index (χ2v) is 6.49. The molecule has 5 heteroatoms. The summed E-state index contributed by atoms with van der Waals surface area (Å²) in [6.45, 7) is 3.01. The van der Waals surface area contributed by atoms with Gasteiger partial charge in [0.2, 0.25) is 0 Å². The Bertz CT molecular complexity index is 716. The summed E-state index contributed by atoms with van der Waals surface area (Å²) in [5.41, 5.74) is 9.56. The third-order valence-corrected chi connectivity index (χ3v) is 5.19. The molecule has 0 radical (unpaired) electrons. The Morgan fingerprint density at radius 3 is 2.76 bits per heavy atom. The van der Waals surface area contributed by atoms with Crippen LogP contribution in [0.25, 0.3) is 11.1 Å². The van der Waals surface area contributed by atoms with E-state index in [1.54, 1.807) is 11.3 Å². The molecule has 2 heterocycles. The van der Waals surface area contributed by atoms with Gasteiger partial charge in [0.05, 0.1) is 12.1 Å². The van der Waals surface area contributed by atoms with E-state index in [1.807, 2.05) is 18.2 Å². The van der Waals surface area contributed by atoms with Crippen molar-refractivity contribution in [1.29, 1.82) is 0 Å². The number of thiophene rings is 1. The van der Waals surface area contributed by atoms with E-state index in [1.165, 1.54) is 22.0 Å². The third kappa shape index (κ3) is 2.94. The van der Waals surface area contributed by atoms with E-state index < -0.39 is 0 Å². The molecule has 0 atom stereocenters. The van der Waals surface area contributed by atoms with Crippen molar-refractivity contribution in [1.82, 2.24) is 4.37 Å². The average Bonchev–Trinajstić information content (AvgIpc) is 3.12. The van der Waals surface area contributed by atoms with Crippen molar-refractivity contribution in [2.75, 3.05) is 11.1 Å². The second-order valence-electron chi connectivity index (χ2n) is 4.71. The standard InChI is InChI=1S/C16H17N3S2/c1-2-11-8-9-20-13(11)10-18-16-14(15(17)19-21-16)12-6-4-3-5-7-12/h3-9,18H,2,10H2,1H3,(H2,17,19). The Balaban J connectivity index is 1.84. The van der Waals surface area contributed by atoms with Crippen LogP contribution in [-0.2, 0) is 13.0 Å². The third-order valence-electron chi connectivity index (χ3n) is 3.41. The summed E-state index contributed by atoms with van der Waals surface area (Å²) < 4.78 is 4.30. The van der Waals surface area contributed by atoms with Crippen LogP contribution >= 0.6 is 22.9 Å². The number of nitrogens with zero attached hydrogens (tertiary/aromatic N) is 1. The lowest BCUT2D eigenvalue weighted by Crippen LogP contribution is -1.99. The molecule has 108 valence electrons. The number of hydrogen-bond donors (Lipinski definition) is 2. The molecule has 3 N–H and O–H groups in total. The molecule has 0 spiro atoms. The van der Waals surface area contributed by atoms with E-state index in [2.05, 4.69) is 40.2 Å². The Hall–Kier alpha value is -1.85. The number of nitrogens with one attached hydrogen (secondary N) is 1. The van der Waals surface area contributed by atoms with Gasteiger partial charge in [-0.2, -0.15) is 4.37 Å². The second kappa shape index (κ2) is 6.28. The first-order valence-electron chi connectivity index (χ1n) is 6.89. The van der Waals surface area contributed by atoms with E-state index in [4.69, 9.17) is 5.73 Å². The van der Waals surface area contributed by atoms with Gasteiger partial charge in [-0.3, -0.25) is 0 Å². The lowest BCUT2D eigenvalue weighted by atomic mass is 10.1. The van der Waals surface area contributed by atoms with Gasteiger partial charge < -0.3 is 11.1 Å². The van der Waals surface area contributed by atoms with Crippen LogP contribution in [0.4, 0.5) is 10.8 Å². The Morgan fingerprint density at radius 1 is 1.19 bits per heavy atom. The van der Waals surface area contributed by atoms with Crippen LogP contribution in [0.5, 0.6) is 0 Å². The fourth-order valence-electron chi connectivity index (χ4n) is 2.30. The van der Waals surface area contributed by atoms with Crippen molar-refractivity contribution in [2.24, 2.45) is 0 Å². The van der Waals surface area contributed by atoms with E-state index in [-0.39, 0.29) is 0 Å². The molecule has 3 nitrogen and oxygen atoms in total. The van der Waals surface area contributed by atoms with Crippen LogP contribution in [0.3, 0.4) is 0 Å². The molecular weight excluding hydrogens is 298 g/mol. The lowest BCUT2D eigenvalue weighted by Gasteiger charge is -2.07. The van der Waals surface area contributed by atoms with Gasteiger partial charge in [0.1, 0.15) is 10.8 Å². The van der Waals surface area contributed by atoms with Crippen molar-refractivity contribution in [3.05, 3.63) is 52.2 Å². The van der Waals surface area contributed by atoms with E-state index in [9.17, 15) is 0 Å². The molecule has 0 fully saturated rings. The monoisotopic (exact) mass is 315 g/mol. The molecule has 3 rings (SSSR count). The quantitative estimate of drug-likeness (QED) is 0.722. The first-order chi connectivity index (χ1) is 10.3. The molecule has 0 saturated carbocycles. The summed E-state index contributed by atoms with van der Waals surface area (Å²) in [6, 6.07) is 12.4. The molecule has 0 aliphatic heterocycles. The highest BCUT2D eigenvalue weighted by atomic mass is 32.1. The van der Waals surface area contributed by atoms with Crippen LogP contribution in [0.2, 0.25) is 0 Å². The minimum atomic E-state index is 0.593. The Morgan fingerprint density at radius 2 is 2.00 bits per heavy atom. The van der Waals surface area contributed by atoms with Crippen LogP contribution in [0.15, 0.2) is 41.8 Å². The van der Waals surface area contributed by atoms with Gasteiger partial charge in [0.25, 0.3) is 0 Å². The number of aryl methyl sites for hydroxylation is 1. The highest BCUT2D eigenvalue weighted by Crippen LogP contribution is 2.37.